The summed E-state index contributed by atoms with van der Waals surface area (Å²) in [6.07, 6.45) is 4.00. The van der Waals surface area contributed by atoms with Crippen LogP contribution in [0.4, 0.5) is 0 Å². The van der Waals surface area contributed by atoms with Crippen LogP contribution in [0.15, 0.2) is 23.4 Å². The van der Waals surface area contributed by atoms with Crippen molar-refractivity contribution in [1.82, 2.24) is 14.7 Å². The van der Waals surface area contributed by atoms with Gasteiger partial charge in [0.2, 0.25) is 0 Å². The Labute approximate surface area is 292 Å². The van der Waals surface area contributed by atoms with E-state index in [1.807, 2.05) is 57.1 Å². The van der Waals surface area contributed by atoms with Gasteiger partial charge in [0, 0.05) is 76.0 Å². The van der Waals surface area contributed by atoms with Crippen molar-refractivity contribution < 1.29 is 81.2 Å². The van der Waals surface area contributed by atoms with Crippen molar-refractivity contribution in [3.63, 3.8) is 0 Å². The zero-order valence-corrected chi connectivity index (χ0v) is 28.8. The average Bonchev–Trinajstić information content (AvgIpc) is 3.10. The molecule has 0 aromatic carbocycles. The zero-order chi connectivity index (χ0) is 37.3. The average molecular weight is 722 g/mol. The molecule has 0 spiro atoms. The van der Waals surface area contributed by atoms with E-state index in [0.717, 1.165) is 29.3 Å². The van der Waals surface area contributed by atoms with E-state index in [-0.39, 0.29) is 34.7 Å². The molecule has 13 nitrogen and oxygen atoms in total. The summed E-state index contributed by atoms with van der Waals surface area (Å²) in [6, 6.07) is 0. The molecule has 0 rings (SSSR count). The molecule has 0 atom stereocenters. The van der Waals surface area contributed by atoms with Crippen molar-refractivity contribution in [2.24, 2.45) is 0 Å². The van der Waals surface area contributed by atoms with Gasteiger partial charge >= 0.3 is 113 Å². The first kappa shape index (κ1) is 83.7. The molecule has 0 aliphatic heterocycles. The van der Waals surface area contributed by atoms with Gasteiger partial charge in [0.1, 0.15) is 4.99 Å². The molecular weight excluding hydrogens is 694 g/mol. The molecular formula is C27H27Cr2N3O10S2. The summed E-state index contributed by atoms with van der Waals surface area (Å²) in [6.45, 7) is 53.1. The summed E-state index contributed by atoms with van der Waals surface area (Å²) in [4.78, 5) is 7.46. The van der Waals surface area contributed by atoms with Crippen LogP contribution < -0.4 is 0 Å². The molecule has 0 saturated heterocycles. The number of hydrogen-bond donors (Lipinski definition) is 0. The minimum Gasteiger partial charge on any atom is 0 e. The third-order valence-corrected chi connectivity index (χ3v) is 4.11. The molecule has 0 aromatic heterocycles. The maximum atomic E-state index is 7.50. The first-order valence-electron chi connectivity index (χ1n) is 9.37. The molecule has 0 heterocycles. The standard InChI is InChI=1S/C17H27N3S2.10CO.2Cr/c1-8-20(9-2)17(22)14(3)10-11-15(18(4)5)12-13-16(21)19(6)7;10*1-2;;/h10-11H,8-9H2,1-7H3;;;;;;;;;;;;/b14-10-,15-11-;;;;;;;;;;;;. The Balaban J connectivity index is -0.0000000336. The normalized spacial score (nSPS) is 6.16. The monoisotopic (exact) mass is 721 g/mol. The predicted octanol–water partition coefficient (Wildman–Crippen LogP) is 2.56. The number of allylic oxidation sites excluding steroid dienone is 3. The second kappa shape index (κ2) is 106. The Bertz CT molecular complexity index is 861. The summed E-state index contributed by atoms with van der Waals surface area (Å²) in [5.74, 6) is 6.09. The fraction of sp³-hybridized carbons (Fsp3) is 0.333. The summed E-state index contributed by atoms with van der Waals surface area (Å²) in [7, 11) is 7.71. The second-order valence-electron chi connectivity index (χ2n) is 5.22. The maximum absolute atomic E-state index is 7.50. The summed E-state index contributed by atoms with van der Waals surface area (Å²) >= 11 is 10.7. The Morgan fingerprint density at radius 2 is 0.818 bits per heavy atom. The predicted molar refractivity (Wildman–Crippen MR) is 144 cm³/mol. The maximum Gasteiger partial charge on any atom is 0 e. The van der Waals surface area contributed by atoms with E-state index in [0.29, 0.717) is 4.99 Å². The molecule has 0 aromatic rings. The molecule has 17 heteroatoms. The first-order valence-corrected chi connectivity index (χ1v) is 10.2. The molecule has 0 saturated carbocycles. The van der Waals surface area contributed by atoms with Gasteiger partial charge < -0.3 is 14.7 Å². The van der Waals surface area contributed by atoms with Crippen LogP contribution in [0.1, 0.15) is 20.8 Å². The van der Waals surface area contributed by atoms with Gasteiger partial charge in [-0.3, -0.25) is 0 Å². The van der Waals surface area contributed by atoms with Crippen LogP contribution in [0.2, 0.25) is 0 Å². The van der Waals surface area contributed by atoms with Gasteiger partial charge in [0.25, 0.3) is 0 Å². The number of nitrogens with zero attached hydrogens (tertiary/aromatic N) is 3. The number of hydrogen-bond acceptors (Lipinski definition) is 3. The van der Waals surface area contributed by atoms with Gasteiger partial charge in [-0.1, -0.05) is 30.5 Å². The first-order chi connectivity index (χ1) is 20.2. The zero-order valence-electron chi connectivity index (χ0n) is 24.6. The van der Waals surface area contributed by atoms with Gasteiger partial charge in [-0.2, -0.15) is 0 Å². The largest absolute Gasteiger partial charge is 0 e. The van der Waals surface area contributed by atoms with Crippen LogP contribution in [0.25, 0.3) is 0 Å². The molecule has 0 amide bonds. The van der Waals surface area contributed by atoms with E-state index < -0.39 is 0 Å². The van der Waals surface area contributed by atoms with Gasteiger partial charge in [0.05, 0.1) is 5.70 Å². The van der Waals surface area contributed by atoms with E-state index in [4.69, 9.17) is 71.0 Å². The topological polar surface area (TPSA) is 209 Å². The molecule has 0 radical (unpaired) electrons. The Morgan fingerprint density at radius 3 is 1.02 bits per heavy atom. The van der Waals surface area contributed by atoms with Crippen LogP contribution >= 0.6 is 24.4 Å². The van der Waals surface area contributed by atoms with E-state index in [2.05, 4.69) is 97.1 Å². The molecule has 0 aliphatic carbocycles. The molecule has 234 valence electrons. The fourth-order valence-corrected chi connectivity index (χ4v) is 1.94. The van der Waals surface area contributed by atoms with Crippen molar-refractivity contribution in [1.29, 1.82) is 0 Å². The SMILES string of the molecule is CCN(CC)C(=S)/C(C)=C\C=C(\C#CC(=S)N(C)C)N(C)C.[C-]#[O+].[C-]#[O+].[C-]#[O+].[C-]#[O+].[C-]#[O+].[C-]#[O+].[C-]#[O+].[C-]#[O+].[C-]#[O+].[C-]#[O+].[Cr].[Cr]. The minimum absolute atomic E-state index is 0. The summed E-state index contributed by atoms with van der Waals surface area (Å²) in [5.41, 5.74) is 1.96. The van der Waals surface area contributed by atoms with Crippen molar-refractivity contribution in [3.8, 4) is 11.8 Å². The number of likely N-dealkylation sites (N-methyl/N-ethyl adjacent to an activating group) is 1. The summed E-state index contributed by atoms with van der Waals surface area (Å²) in [5, 5.41) is 0. The quantitative estimate of drug-likeness (QED) is 0.104. The third-order valence-electron chi connectivity index (χ3n) is 3.06. The number of rotatable bonds is 5. The Hall–Kier alpha value is -2.92. The van der Waals surface area contributed by atoms with Crippen LogP contribution in [0.3, 0.4) is 0 Å². The van der Waals surface area contributed by atoms with E-state index in [9.17, 15) is 0 Å². The molecule has 0 N–H and O–H groups in total. The van der Waals surface area contributed by atoms with Crippen molar-refractivity contribution in [2.45, 2.75) is 20.8 Å². The molecule has 0 unspecified atom stereocenters. The van der Waals surface area contributed by atoms with E-state index in [1.54, 1.807) is 0 Å². The van der Waals surface area contributed by atoms with Crippen LogP contribution in [-0.4, -0.2) is 66.0 Å². The molecule has 44 heavy (non-hydrogen) atoms. The Kier molecular flexibility index (Phi) is 201. The number of thiocarbonyl (C=S) groups is 2. The Morgan fingerprint density at radius 1 is 0.545 bits per heavy atom. The summed E-state index contributed by atoms with van der Waals surface area (Å²) < 4.78 is 75.0. The van der Waals surface area contributed by atoms with Crippen LogP contribution in [0.5, 0.6) is 0 Å². The van der Waals surface area contributed by atoms with Crippen molar-refractivity contribution >= 4 is 34.4 Å². The van der Waals surface area contributed by atoms with Crippen molar-refractivity contribution in [3.05, 3.63) is 89.9 Å². The fourth-order valence-electron chi connectivity index (χ4n) is 1.57. The van der Waals surface area contributed by atoms with Gasteiger partial charge in [-0.15, -0.1) is 0 Å². The van der Waals surface area contributed by atoms with Crippen LogP contribution in [-0.2, 0) is 81.2 Å². The minimum atomic E-state index is 0. The van der Waals surface area contributed by atoms with Gasteiger partial charge in [0.15, 0.2) is 4.99 Å². The van der Waals surface area contributed by atoms with Crippen molar-refractivity contribution in [2.75, 3.05) is 41.3 Å². The van der Waals surface area contributed by atoms with E-state index in [1.165, 1.54) is 0 Å². The van der Waals surface area contributed by atoms with E-state index >= 15 is 0 Å². The third kappa shape index (κ3) is 77.3. The second-order valence-corrected chi connectivity index (χ2v) is 6.00. The van der Waals surface area contributed by atoms with Crippen LogP contribution in [0, 0.1) is 78.3 Å². The molecule has 0 aliphatic rings. The van der Waals surface area contributed by atoms with Gasteiger partial charge in [-0.25, -0.2) is 0 Å². The molecule has 0 fully saturated rings. The molecule has 0 bridgehead atoms. The van der Waals surface area contributed by atoms with Gasteiger partial charge in [-0.05, 0) is 44.3 Å². The smallest absolute Gasteiger partial charge is 0 e.